The second-order valence-electron chi connectivity index (χ2n) is 1.54. The molecule has 1 aromatic heterocycles. The molecule has 0 saturated carbocycles. The molecule has 0 spiro atoms. The van der Waals surface area contributed by atoms with Gasteiger partial charge in [-0.05, 0) is 0 Å². The first kappa shape index (κ1) is 9.73. The number of hydrogen-bond donors (Lipinski definition) is 1. The van der Waals surface area contributed by atoms with Crippen molar-refractivity contribution in [1.29, 1.82) is 10.5 Å². The topological polar surface area (TPSA) is 77.4 Å². The molecule has 0 atom stereocenters. The van der Waals surface area contributed by atoms with Gasteiger partial charge < -0.3 is 4.57 Å². The van der Waals surface area contributed by atoms with Gasteiger partial charge in [-0.3, -0.25) is 0 Å². The van der Waals surface area contributed by atoms with E-state index in [9.17, 15) is 0 Å². The van der Waals surface area contributed by atoms with E-state index in [-0.39, 0.29) is 0 Å². The molecule has 1 N–H and O–H groups in total. The molecule has 0 aromatic carbocycles. The second kappa shape index (κ2) is 6.84. The maximum Gasteiger partial charge on any atom is 0.190 e. The van der Waals surface area contributed by atoms with Crippen molar-refractivity contribution in [2.45, 2.75) is 0 Å². The van der Waals surface area contributed by atoms with Gasteiger partial charge in [0.15, 0.2) is 12.4 Å². The molecular formula is C7H7N5. The van der Waals surface area contributed by atoms with Crippen LogP contribution in [0.25, 0.3) is 6.20 Å². The van der Waals surface area contributed by atoms with Gasteiger partial charge in [0, 0.05) is 18.6 Å². The first-order chi connectivity index (χ1) is 5.85. The van der Waals surface area contributed by atoms with E-state index in [1.165, 1.54) is 12.4 Å². The summed E-state index contributed by atoms with van der Waals surface area (Å²) in [6.07, 6.45) is 9.72. The third-order valence-electron chi connectivity index (χ3n) is 0.847. The number of nitriles is 2. The number of nitrogens with one attached hydrogen (secondary N) is 1. The van der Waals surface area contributed by atoms with E-state index in [1.807, 2.05) is 6.20 Å². The van der Waals surface area contributed by atoms with E-state index < -0.39 is 0 Å². The fourth-order valence-corrected chi connectivity index (χ4v) is 0.402. The number of imidazole rings is 1. The van der Waals surface area contributed by atoms with Gasteiger partial charge >= 0.3 is 0 Å². The molecule has 0 fully saturated rings. The lowest BCUT2D eigenvalue weighted by Crippen LogP contribution is -1.88. The lowest BCUT2D eigenvalue weighted by molar-refractivity contribution is 1.14. The molecule has 0 unspecified atom stereocenters. The molecule has 0 aliphatic carbocycles. The molecule has 0 amide bonds. The summed E-state index contributed by atoms with van der Waals surface area (Å²) >= 11 is 0. The van der Waals surface area contributed by atoms with E-state index in [0.717, 1.165) is 0 Å². The summed E-state index contributed by atoms with van der Waals surface area (Å²) in [5, 5.41) is 16.7. The van der Waals surface area contributed by atoms with Gasteiger partial charge in [-0.15, -0.1) is 0 Å². The Bertz CT molecular complexity index is 275. The first-order valence-corrected chi connectivity index (χ1v) is 2.98. The Hall–Kier alpha value is -2.27. The maximum absolute atomic E-state index is 7.48. The van der Waals surface area contributed by atoms with Crippen LogP contribution >= 0.6 is 0 Å². The van der Waals surface area contributed by atoms with Gasteiger partial charge in [-0.2, -0.15) is 10.5 Å². The molecule has 0 aliphatic rings. The van der Waals surface area contributed by atoms with Gasteiger partial charge in [-0.1, -0.05) is 6.58 Å². The Kier molecular flexibility index (Phi) is 5.55. The van der Waals surface area contributed by atoms with E-state index in [2.05, 4.69) is 11.6 Å². The summed E-state index contributed by atoms with van der Waals surface area (Å²) in [6, 6.07) is 0. The van der Waals surface area contributed by atoms with Gasteiger partial charge in [-0.25, -0.2) is 10.3 Å². The summed E-state index contributed by atoms with van der Waals surface area (Å²) in [6.45, 7) is 3.53. The molecule has 12 heavy (non-hydrogen) atoms. The number of rotatable bonds is 1. The Morgan fingerprint density at radius 1 is 1.50 bits per heavy atom. The van der Waals surface area contributed by atoms with Crippen LogP contribution in [0, 0.1) is 22.9 Å². The van der Waals surface area contributed by atoms with Crippen LogP contribution in [0.15, 0.2) is 25.3 Å². The maximum atomic E-state index is 7.48. The average molecular weight is 161 g/mol. The molecule has 1 heterocycles. The van der Waals surface area contributed by atoms with Crippen molar-refractivity contribution >= 4 is 6.20 Å². The molecule has 60 valence electrons. The normalized spacial score (nSPS) is 6.50. The quantitative estimate of drug-likeness (QED) is 0.481. The van der Waals surface area contributed by atoms with Crippen LogP contribution in [0.3, 0.4) is 0 Å². The van der Waals surface area contributed by atoms with Crippen molar-refractivity contribution in [1.82, 2.24) is 14.9 Å². The van der Waals surface area contributed by atoms with Gasteiger partial charge in [0.05, 0.1) is 6.33 Å². The summed E-state index contributed by atoms with van der Waals surface area (Å²) in [4.78, 5) is 3.78. The fourth-order valence-electron chi connectivity index (χ4n) is 0.402. The zero-order chi connectivity index (χ0) is 9.23. The number of aromatic nitrogens is 2. The average Bonchev–Trinajstić information content (AvgIpc) is 2.58. The Labute approximate surface area is 70.2 Å². The lowest BCUT2D eigenvalue weighted by atomic mass is 10.9. The summed E-state index contributed by atoms with van der Waals surface area (Å²) < 4.78 is 1.78. The standard InChI is InChI=1S/C5H6N2.C2HN3/c1-2-7-4-3-6-5-7;3-1-5-2-4/h2-5H,1H2;5H. The van der Waals surface area contributed by atoms with Crippen LogP contribution in [-0.2, 0) is 0 Å². The third-order valence-corrected chi connectivity index (χ3v) is 0.847. The van der Waals surface area contributed by atoms with E-state index >= 15 is 0 Å². The molecule has 0 bridgehead atoms. The van der Waals surface area contributed by atoms with E-state index in [4.69, 9.17) is 10.5 Å². The number of hydrogen-bond acceptors (Lipinski definition) is 4. The highest BCUT2D eigenvalue weighted by molar-refractivity contribution is 5.14. The van der Waals surface area contributed by atoms with Crippen molar-refractivity contribution in [2.75, 3.05) is 0 Å². The molecule has 1 aromatic rings. The van der Waals surface area contributed by atoms with Crippen LogP contribution < -0.4 is 5.32 Å². The minimum absolute atomic E-state index is 1.41. The lowest BCUT2D eigenvalue weighted by Gasteiger charge is -1.80. The highest BCUT2D eigenvalue weighted by atomic mass is 15.0. The SMILES string of the molecule is C=Cn1ccnc1.N#CNC#N. The Balaban J connectivity index is 0.000000217. The van der Waals surface area contributed by atoms with Gasteiger partial charge in [0.25, 0.3) is 0 Å². The van der Waals surface area contributed by atoms with E-state index in [1.54, 1.807) is 28.6 Å². The highest BCUT2D eigenvalue weighted by Gasteiger charge is 1.73. The first-order valence-electron chi connectivity index (χ1n) is 2.98. The largest absolute Gasteiger partial charge is 0.314 e. The van der Waals surface area contributed by atoms with Crippen molar-refractivity contribution in [3.63, 3.8) is 0 Å². The predicted octanol–water partition coefficient (Wildman–Crippen LogP) is 0.522. The van der Waals surface area contributed by atoms with Gasteiger partial charge in [0.2, 0.25) is 0 Å². The smallest absolute Gasteiger partial charge is 0.190 e. The Morgan fingerprint density at radius 2 is 2.17 bits per heavy atom. The van der Waals surface area contributed by atoms with Crippen molar-refractivity contribution in [2.24, 2.45) is 0 Å². The van der Waals surface area contributed by atoms with Crippen molar-refractivity contribution in [3.8, 4) is 12.4 Å². The molecule has 0 saturated heterocycles. The van der Waals surface area contributed by atoms with Gasteiger partial charge in [0.1, 0.15) is 0 Å². The molecule has 5 nitrogen and oxygen atoms in total. The number of nitrogens with zero attached hydrogens (tertiary/aromatic N) is 4. The molecule has 5 heteroatoms. The molecular weight excluding hydrogens is 154 g/mol. The van der Waals surface area contributed by atoms with Crippen LogP contribution in [0.4, 0.5) is 0 Å². The van der Waals surface area contributed by atoms with Crippen LogP contribution in [0.2, 0.25) is 0 Å². The summed E-state index contributed by atoms with van der Waals surface area (Å²) in [7, 11) is 0. The van der Waals surface area contributed by atoms with Crippen LogP contribution in [-0.4, -0.2) is 9.55 Å². The minimum Gasteiger partial charge on any atom is -0.314 e. The fraction of sp³-hybridized carbons (Fsp3) is 0. The van der Waals surface area contributed by atoms with Crippen molar-refractivity contribution in [3.05, 3.63) is 25.3 Å². The van der Waals surface area contributed by atoms with Crippen LogP contribution in [0.1, 0.15) is 0 Å². The van der Waals surface area contributed by atoms with E-state index in [0.29, 0.717) is 0 Å². The minimum atomic E-state index is 1.41. The third kappa shape index (κ3) is 4.59. The molecule has 0 radical (unpaired) electrons. The summed E-state index contributed by atoms with van der Waals surface area (Å²) in [5.74, 6) is 0. The molecule has 1 rings (SSSR count). The Morgan fingerprint density at radius 3 is 2.33 bits per heavy atom. The predicted molar refractivity (Wildman–Crippen MR) is 43.0 cm³/mol. The highest BCUT2D eigenvalue weighted by Crippen LogP contribution is 1.81. The summed E-state index contributed by atoms with van der Waals surface area (Å²) in [5.41, 5.74) is 0. The zero-order valence-corrected chi connectivity index (χ0v) is 6.31. The van der Waals surface area contributed by atoms with Crippen molar-refractivity contribution < 1.29 is 0 Å². The zero-order valence-electron chi connectivity index (χ0n) is 6.31. The molecule has 0 aliphatic heterocycles. The van der Waals surface area contributed by atoms with Crippen LogP contribution in [0.5, 0.6) is 0 Å². The monoisotopic (exact) mass is 161 g/mol. The second-order valence-corrected chi connectivity index (χ2v) is 1.54.